The predicted molar refractivity (Wildman–Crippen MR) is 81.1 cm³/mol. The number of aromatic nitrogens is 3. The van der Waals surface area contributed by atoms with Gasteiger partial charge >= 0.3 is 12.0 Å². The van der Waals surface area contributed by atoms with Crippen LogP contribution in [0.15, 0.2) is 18.2 Å². The molecule has 0 spiro atoms. The van der Waals surface area contributed by atoms with Gasteiger partial charge in [-0.05, 0) is 18.1 Å². The molecule has 1 heterocycles. The van der Waals surface area contributed by atoms with Crippen LogP contribution < -0.4 is 15.2 Å². The van der Waals surface area contributed by atoms with Crippen molar-refractivity contribution in [2.45, 2.75) is 11.8 Å². The van der Waals surface area contributed by atoms with Crippen molar-refractivity contribution in [1.29, 1.82) is 0 Å². The number of nitrogens with two attached hydrogens (primary N) is 1. The van der Waals surface area contributed by atoms with Crippen molar-refractivity contribution in [3.05, 3.63) is 34.6 Å². The lowest BCUT2D eigenvalue weighted by Gasteiger charge is -2.12. The summed E-state index contributed by atoms with van der Waals surface area (Å²) < 4.78 is 9.99. The van der Waals surface area contributed by atoms with Crippen LogP contribution in [-0.2, 0) is 6.42 Å². The van der Waals surface area contributed by atoms with Crippen LogP contribution in [0, 0.1) is 0 Å². The molecule has 2 rings (SSSR count). The van der Waals surface area contributed by atoms with Gasteiger partial charge in [-0.1, -0.05) is 23.7 Å². The van der Waals surface area contributed by atoms with Gasteiger partial charge in [0.05, 0.1) is 30.3 Å². The molecule has 0 aliphatic heterocycles. The standard InChI is InChI=1S/C13H14Cl2N4O2/c1-20-12-17-11(18-13(19-12)21-2)9(15)6-7-4-3-5-8(14)10(7)16/h3-5,9H,6,16H2,1-2H3. The fraction of sp³-hybridized carbons (Fsp3) is 0.308. The van der Waals surface area contributed by atoms with Gasteiger partial charge in [0, 0.05) is 0 Å². The van der Waals surface area contributed by atoms with Crippen molar-refractivity contribution in [3.8, 4) is 12.0 Å². The van der Waals surface area contributed by atoms with Gasteiger partial charge in [0.1, 0.15) is 0 Å². The molecule has 0 amide bonds. The van der Waals surface area contributed by atoms with Crippen molar-refractivity contribution < 1.29 is 9.47 Å². The monoisotopic (exact) mass is 328 g/mol. The van der Waals surface area contributed by atoms with Crippen molar-refractivity contribution in [3.63, 3.8) is 0 Å². The number of nitrogens with zero attached hydrogens (tertiary/aromatic N) is 3. The van der Waals surface area contributed by atoms with Gasteiger partial charge in [-0.3, -0.25) is 0 Å². The van der Waals surface area contributed by atoms with Crippen molar-refractivity contribution in [1.82, 2.24) is 15.0 Å². The summed E-state index contributed by atoms with van der Waals surface area (Å²) >= 11 is 12.3. The van der Waals surface area contributed by atoms with E-state index in [2.05, 4.69) is 15.0 Å². The molecule has 0 aliphatic carbocycles. The second-order valence-corrected chi connectivity index (χ2v) is 5.09. The van der Waals surface area contributed by atoms with Crippen LogP contribution in [0.2, 0.25) is 5.02 Å². The Hall–Kier alpha value is -1.79. The van der Waals surface area contributed by atoms with Crippen LogP contribution in [0.3, 0.4) is 0 Å². The minimum atomic E-state index is -0.517. The maximum absolute atomic E-state index is 6.36. The van der Waals surface area contributed by atoms with Crippen molar-refractivity contribution >= 4 is 28.9 Å². The first kappa shape index (κ1) is 15.6. The van der Waals surface area contributed by atoms with E-state index in [9.17, 15) is 0 Å². The summed E-state index contributed by atoms with van der Waals surface area (Å²) in [6.07, 6.45) is 0.421. The smallest absolute Gasteiger partial charge is 0.322 e. The minimum absolute atomic E-state index is 0.140. The van der Waals surface area contributed by atoms with E-state index in [1.807, 2.05) is 12.1 Å². The van der Waals surface area contributed by atoms with E-state index < -0.39 is 5.38 Å². The average molecular weight is 329 g/mol. The van der Waals surface area contributed by atoms with Gasteiger partial charge in [0.15, 0.2) is 5.82 Å². The van der Waals surface area contributed by atoms with Gasteiger partial charge in [-0.25, -0.2) is 0 Å². The Balaban J connectivity index is 2.27. The molecule has 1 aromatic heterocycles. The normalized spacial score (nSPS) is 12.0. The summed E-state index contributed by atoms with van der Waals surface area (Å²) in [7, 11) is 2.91. The molecule has 6 nitrogen and oxygen atoms in total. The van der Waals surface area contributed by atoms with E-state index >= 15 is 0 Å². The summed E-state index contributed by atoms with van der Waals surface area (Å²) in [5.41, 5.74) is 7.25. The van der Waals surface area contributed by atoms with Crippen LogP contribution in [0.25, 0.3) is 0 Å². The maximum atomic E-state index is 6.36. The lowest BCUT2D eigenvalue weighted by molar-refractivity contribution is 0.336. The number of nitrogen functional groups attached to an aromatic ring is 1. The third kappa shape index (κ3) is 3.65. The molecule has 0 radical (unpaired) electrons. The zero-order valence-corrected chi connectivity index (χ0v) is 13.0. The molecule has 2 aromatic rings. The van der Waals surface area contributed by atoms with Gasteiger partial charge in [-0.15, -0.1) is 16.6 Å². The molecule has 1 unspecified atom stereocenters. The molecule has 112 valence electrons. The summed E-state index contributed by atoms with van der Waals surface area (Å²) in [4.78, 5) is 12.2. The van der Waals surface area contributed by atoms with E-state index in [4.69, 9.17) is 38.4 Å². The number of alkyl halides is 1. The quantitative estimate of drug-likeness (QED) is 0.671. The Morgan fingerprint density at radius 1 is 1.14 bits per heavy atom. The average Bonchev–Trinajstić information content (AvgIpc) is 2.51. The number of hydrogen-bond donors (Lipinski definition) is 1. The largest absolute Gasteiger partial charge is 0.467 e. The highest BCUT2D eigenvalue weighted by atomic mass is 35.5. The fourth-order valence-corrected chi connectivity index (χ4v) is 2.18. The third-order valence-electron chi connectivity index (χ3n) is 2.80. The van der Waals surface area contributed by atoms with Gasteiger partial charge in [0.2, 0.25) is 0 Å². The first-order valence-electron chi connectivity index (χ1n) is 6.06. The lowest BCUT2D eigenvalue weighted by atomic mass is 10.1. The minimum Gasteiger partial charge on any atom is -0.467 e. The number of anilines is 1. The molecule has 2 N–H and O–H groups in total. The maximum Gasteiger partial charge on any atom is 0.322 e. The van der Waals surface area contributed by atoms with Gasteiger partial charge in [0.25, 0.3) is 0 Å². The van der Waals surface area contributed by atoms with Crippen LogP contribution >= 0.6 is 23.2 Å². The molecule has 0 bridgehead atoms. The molecular formula is C13H14Cl2N4O2. The number of benzene rings is 1. The molecule has 8 heteroatoms. The topological polar surface area (TPSA) is 83.2 Å². The molecule has 21 heavy (non-hydrogen) atoms. The second-order valence-electron chi connectivity index (χ2n) is 4.15. The molecule has 1 aromatic carbocycles. The highest BCUT2D eigenvalue weighted by Gasteiger charge is 2.18. The Kier molecular flexibility index (Phi) is 5.03. The number of halogens is 2. The molecule has 0 saturated heterocycles. The molecular weight excluding hydrogens is 315 g/mol. The van der Waals surface area contributed by atoms with Crippen LogP contribution in [-0.4, -0.2) is 29.2 Å². The van der Waals surface area contributed by atoms with Crippen molar-refractivity contribution in [2.24, 2.45) is 0 Å². The van der Waals surface area contributed by atoms with E-state index in [0.29, 0.717) is 23.0 Å². The third-order valence-corrected chi connectivity index (χ3v) is 3.48. The fourth-order valence-electron chi connectivity index (χ4n) is 1.72. The number of para-hydroxylation sites is 1. The Morgan fingerprint density at radius 3 is 2.33 bits per heavy atom. The summed E-state index contributed by atoms with van der Waals surface area (Å²) in [5.74, 6) is 0.347. The SMILES string of the molecule is COc1nc(OC)nc(C(Cl)Cc2cccc(Cl)c2N)n1. The predicted octanol–water partition coefficient (Wildman–Crippen LogP) is 2.65. The van der Waals surface area contributed by atoms with E-state index in [-0.39, 0.29) is 12.0 Å². The number of rotatable bonds is 5. The summed E-state index contributed by atoms with van der Waals surface area (Å²) in [5, 5.41) is -0.0289. The second kappa shape index (κ2) is 6.78. The Labute approximate surface area is 132 Å². The Morgan fingerprint density at radius 2 is 1.76 bits per heavy atom. The zero-order chi connectivity index (χ0) is 15.4. The first-order chi connectivity index (χ1) is 10.0. The molecule has 0 aliphatic rings. The van der Waals surface area contributed by atoms with E-state index in [1.165, 1.54) is 14.2 Å². The Bertz CT molecular complexity index is 617. The molecule has 1 atom stereocenters. The van der Waals surface area contributed by atoms with Gasteiger partial charge in [-0.2, -0.15) is 9.97 Å². The number of methoxy groups -OCH3 is 2. The highest BCUT2D eigenvalue weighted by Crippen LogP contribution is 2.30. The van der Waals surface area contributed by atoms with E-state index in [1.54, 1.807) is 6.07 Å². The van der Waals surface area contributed by atoms with Gasteiger partial charge < -0.3 is 15.2 Å². The first-order valence-corrected chi connectivity index (χ1v) is 6.87. The number of hydrogen-bond acceptors (Lipinski definition) is 6. The number of ether oxygens (including phenoxy) is 2. The summed E-state index contributed by atoms with van der Waals surface area (Å²) in [6, 6.07) is 5.67. The van der Waals surface area contributed by atoms with Crippen LogP contribution in [0.1, 0.15) is 16.8 Å². The summed E-state index contributed by atoms with van der Waals surface area (Å²) in [6.45, 7) is 0. The van der Waals surface area contributed by atoms with Crippen LogP contribution in [0.5, 0.6) is 12.0 Å². The lowest BCUT2D eigenvalue weighted by Crippen LogP contribution is -2.08. The molecule has 0 saturated carbocycles. The highest BCUT2D eigenvalue weighted by molar-refractivity contribution is 6.33. The zero-order valence-electron chi connectivity index (χ0n) is 11.5. The van der Waals surface area contributed by atoms with Crippen molar-refractivity contribution in [2.75, 3.05) is 20.0 Å². The molecule has 0 fully saturated rings. The van der Waals surface area contributed by atoms with Crippen LogP contribution in [0.4, 0.5) is 5.69 Å². The van der Waals surface area contributed by atoms with E-state index in [0.717, 1.165) is 5.56 Å².